The van der Waals surface area contributed by atoms with Gasteiger partial charge in [-0.1, -0.05) is 6.07 Å². The van der Waals surface area contributed by atoms with E-state index in [0.717, 1.165) is 18.2 Å². The Bertz CT molecular complexity index is 868. The number of H-pyrrole nitrogens is 1. The molecule has 1 aliphatic heterocycles. The highest BCUT2D eigenvalue weighted by atomic mass is 19.1. The molecule has 2 heterocycles. The third kappa shape index (κ3) is 3.97. The van der Waals surface area contributed by atoms with Gasteiger partial charge in [0.2, 0.25) is 0 Å². The number of nitrogens with zero attached hydrogens (tertiary/aromatic N) is 1. The molecule has 27 heavy (non-hydrogen) atoms. The molecule has 7 nitrogen and oxygen atoms in total. The number of piperidine rings is 1. The molecule has 0 spiro atoms. The minimum atomic E-state index is -0.993. The summed E-state index contributed by atoms with van der Waals surface area (Å²) < 4.78 is 27.5. The molecule has 0 saturated carbocycles. The van der Waals surface area contributed by atoms with Crippen LogP contribution in [0.1, 0.15) is 39.3 Å². The minimum Gasteiger partial charge on any atom is -0.465 e. The maximum Gasteiger partial charge on any atom is 0.407 e. The topological polar surface area (TPSA) is 102 Å². The van der Waals surface area contributed by atoms with Crippen molar-refractivity contribution in [3.63, 3.8) is 0 Å². The van der Waals surface area contributed by atoms with Crippen LogP contribution in [0.2, 0.25) is 0 Å². The molecular weight excluding hydrogens is 360 g/mol. The fourth-order valence-corrected chi connectivity index (χ4v) is 2.99. The molecule has 9 heteroatoms. The van der Waals surface area contributed by atoms with Crippen molar-refractivity contribution in [1.82, 2.24) is 15.2 Å². The first-order valence-electron chi connectivity index (χ1n) is 8.32. The molecule has 2 aromatic rings. The van der Waals surface area contributed by atoms with Gasteiger partial charge in [-0.05, 0) is 31.0 Å². The number of benzene rings is 1. The monoisotopic (exact) mass is 377 g/mol. The molecular formula is C18H17F2N3O4. The van der Waals surface area contributed by atoms with Crippen LogP contribution in [0.15, 0.2) is 30.5 Å². The van der Waals surface area contributed by atoms with Crippen molar-refractivity contribution in [2.75, 3.05) is 13.1 Å². The van der Waals surface area contributed by atoms with Gasteiger partial charge in [0.1, 0.15) is 17.3 Å². The van der Waals surface area contributed by atoms with Crippen LogP contribution in [0.3, 0.4) is 0 Å². The summed E-state index contributed by atoms with van der Waals surface area (Å²) in [7, 11) is 0. The van der Waals surface area contributed by atoms with Gasteiger partial charge in [0.25, 0.3) is 5.91 Å². The lowest BCUT2D eigenvalue weighted by Gasteiger charge is -2.30. The van der Waals surface area contributed by atoms with E-state index in [9.17, 15) is 23.2 Å². The number of aromatic amines is 1. The summed E-state index contributed by atoms with van der Waals surface area (Å²) in [5, 5.41) is 11.7. The highest BCUT2D eigenvalue weighted by Gasteiger charge is 2.25. The summed E-state index contributed by atoms with van der Waals surface area (Å²) in [4.78, 5) is 39.4. The molecule has 142 valence electrons. The Kier molecular flexibility index (Phi) is 5.20. The van der Waals surface area contributed by atoms with Crippen LogP contribution < -0.4 is 5.32 Å². The first-order chi connectivity index (χ1) is 12.9. The van der Waals surface area contributed by atoms with E-state index in [1.54, 1.807) is 0 Å². The van der Waals surface area contributed by atoms with E-state index in [2.05, 4.69) is 10.3 Å². The fourth-order valence-electron chi connectivity index (χ4n) is 2.99. The van der Waals surface area contributed by atoms with Crippen molar-refractivity contribution in [2.45, 2.75) is 18.9 Å². The zero-order valence-electron chi connectivity index (χ0n) is 14.2. The summed E-state index contributed by atoms with van der Waals surface area (Å²) in [5.41, 5.74) is -0.634. The molecule has 0 aliphatic carbocycles. The van der Waals surface area contributed by atoms with Gasteiger partial charge in [-0.2, -0.15) is 0 Å². The lowest BCUT2D eigenvalue weighted by Crippen LogP contribution is -2.46. The predicted octanol–water partition coefficient (Wildman–Crippen LogP) is 2.40. The van der Waals surface area contributed by atoms with E-state index in [4.69, 9.17) is 5.11 Å². The maximum atomic E-state index is 13.8. The van der Waals surface area contributed by atoms with Crippen molar-refractivity contribution < 1.29 is 28.3 Å². The van der Waals surface area contributed by atoms with E-state index in [0.29, 0.717) is 25.9 Å². The highest BCUT2D eigenvalue weighted by Crippen LogP contribution is 2.18. The molecule has 2 amide bonds. The highest BCUT2D eigenvalue weighted by molar-refractivity contribution is 6.10. The van der Waals surface area contributed by atoms with E-state index < -0.39 is 35.0 Å². The second-order valence-electron chi connectivity index (χ2n) is 6.25. The number of rotatable bonds is 4. The maximum absolute atomic E-state index is 13.8. The number of carbonyl (C=O) groups excluding carboxylic acids is 2. The van der Waals surface area contributed by atoms with Gasteiger partial charge >= 0.3 is 6.09 Å². The zero-order valence-corrected chi connectivity index (χ0v) is 14.2. The van der Waals surface area contributed by atoms with Crippen molar-refractivity contribution in [1.29, 1.82) is 0 Å². The average Bonchev–Trinajstić information content (AvgIpc) is 3.12. The van der Waals surface area contributed by atoms with E-state index >= 15 is 0 Å². The largest absolute Gasteiger partial charge is 0.465 e. The molecule has 0 unspecified atom stereocenters. The normalized spacial score (nSPS) is 14.8. The summed E-state index contributed by atoms with van der Waals surface area (Å²) in [6, 6.07) is 4.17. The zero-order chi connectivity index (χ0) is 19.6. The smallest absolute Gasteiger partial charge is 0.407 e. The van der Waals surface area contributed by atoms with Gasteiger partial charge in [0, 0.05) is 30.9 Å². The summed E-state index contributed by atoms with van der Waals surface area (Å²) in [5.74, 6) is -3.29. The van der Waals surface area contributed by atoms with Gasteiger partial charge in [-0.3, -0.25) is 9.59 Å². The van der Waals surface area contributed by atoms with Gasteiger partial charge in [-0.15, -0.1) is 0 Å². The molecule has 0 atom stereocenters. The Morgan fingerprint density at radius 2 is 1.78 bits per heavy atom. The molecule has 0 radical (unpaired) electrons. The molecule has 3 rings (SSSR count). The Morgan fingerprint density at radius 3 is 2.37 bits per heavy atom. The quantitative estimate of drug-likeness (QED) is 0.712. The predicted molar refractivity (Wildman–Crippen MR) is 90.7 cm³/mol. The molecule has 1 saturated heterocycles. The number of nitrogens with one attached hydrogen (secondary N) is 2. The van der Waals surface area contributed by atoms with Crippen molar-refractivity contribution in [2.24, 2.45) is 0 Å². The van der Waals surface area contributed by atoms with Gasteiger partial charge < -0.3 is 20.3 Å². The van der Waals surface area contributed by atoms with Crippen LogP contribution in [-0.4, -0.2) is 51.9 Å². The first-order valence-corrected chi connectivity index (χ1v) is 8.32. The number of likely N-dealkylation sites (tertiary alicyclic amines) is 1. The number of carboxylic acid groups (broad SMARTS) is 1. The van der Waals surface area contributed by atoms with Crippen molar-refractivity contribution in [3.05, 3.63) is 58.9 Å². The summed E-state index contributed by atoms with van der Waals surface area (Å²) in [6.07, 6.45) is 1.18. The second kappa shape index (κ2) is 7.56. The Morgan fingerprint density at radius 1 is 1.15 bits per heavy atom. The first kappa shape index (κ1) is 18.6. The minimum absolute atomic E-state index is 0.0372. The van der Waals surface area contributed by atoms with Crippen LogP contribution in [0, 0.1) is 11.6 Å². The third-order valence-corrected chi connectivity index (χ3v) is 4.48. The van der Waals surface area contributed by atoms with Crippen molar-refractivity contribution >= 4 is 17.8 Å². The molecule has 3 N–H and O–H groups in total. The fraction of sp³-hybridized carbons (Fsp3) is 0.278. The number of amides is 2. The SMILES string of the molecule is O=C(NC1CCN(C(=O)O)CC1)c1cc(C(=O)c2c(F)cccc2F)c[nH]1. The molecule has 1 aliphatic rings. The van der Waals surface area contributed by atoms with E-state index in [-0.39, 0.29) is 17.3 Å². The molecule has 1 aromatic carbocycles. The third-order valence-electron chi connectivity index (χ3n) is 4.48. The Balaban J connectivity index is 1.66. The van der Waals surface area contributed by atoms with E-state index in [1.807, 2.05) is 0 Å². The number of aromatic nitrogens is 1. The van der Waals surface area contributed by atoms with Crippen LogP contribution in [0.4, 0.5) is 13.6 Å². The van der Waals surface area contributed by atoms with E-state index in [1.165, 1.54) is 17.2 Å². The number of carbonyl (C=O) groups is 3. The molecule has 1 fully saturated rings. The van der Waals surface area contributed by atoms with Crippen molar-refractivity contribution in [3.8, 4) is 0 Å². The average molecular weight is 377 g/mol. The lowest BCUT2D eigenvalue weighted by atomic mass is 10.0. The van der Waals surface area contributed by atoms with Gasteiger partial charge in [0.05, 0.1) is 5.56 Å². The summed E-state index contributed by atoms with van der Waals surface area (Å²) >= 11 is 0. The summed E-state index contributed by atoms with van der Waals surface area (Å²) in [6.45, 7) is 0.641. The number of hydrogen-bond acceptors (Lipinski definition) is 3. The lowest BCUT2D eigenvalue weighted by molar-refractivity contribution is 0.0902. The van der Waals surface area contributed by atoms with Crippen LogP contribution in [0.25, 0.3) is 0 Å². The van der Waals surface area contributed by atoms with Crippen LogP contribution >= 0.6 is 0 Å². The molecule has 0 bridgehead atoms. The molecule has 1 aromatic heterocycles. The number of halogens is 2. The van der Waals surface area contributed by atoms with Crippen LogP contribution in [-0.2, 0) is 0 Å². The Hall–Kier alpha value is -3.23. The Labute approximate surface area is 153 Å². The van der Waals surface area contributed by atoms with Crippen LogP contribution in [0.5, 0.6) is 0 Å². The van der Waals surface area contributed by atoms with Gasteiger partial charge in [0.15, 0.2) is 5.78 Å². The standard InChI is InChI=1S/C18H17F2N3O4/c19-12-2-1-3-13(20)15(12)16(24)10-8-14(21-9-10)17(25)22-11-4-6-23(7-5-11)18(26)27/h1-3,8-9,11,21H,4-7H2,(H,22,25)(H,26,27). The number of ketones is 1. The number of hydrogen-bond donors (Lipinski definition) is 3. The second-order valence-corrected chi connectivity index (χ2v) is 6.25. The van der Waals surface area contributed by atoms with Gasteiger partial charge in [-0.25, -0.2) is 13.6 Å².